The number of halogens is 4. The molecular weight excluding hydrogens is 500 g/mol. The first kappa shape index (κ1) is 23.5. The first-order chi connectivity index (χ1) is 16.9. The Bertz CT molecular complexity index is 1790. The summed E-state index contributed by atoms with van der Waals surface area (Å²) in [6.07, 6.45) is -3.05. The highest BCUT2D eigenvalue weighted by Gasteiger charge is 2.30. The van der Waals surface area contributed by atoms with E-state index >= 15 is 0 Å². The van der Waals surface area contributed by atoms with Gasteiger partial charge in [0.2, 0.25) is 0 Å². The molecule has 0 aliphatic rings. The van der Waals surface area contributed by atoms with Crippen molar-refractivity contribution in [3.63, 3.8) is 0 Å². The van der Waals surface area contributed by atoms with Crippen LogP contribution in [0.4, 0.5) is 23.2 Å². The van der Waals surface area contributed by atoms with Crippen molar-refractivity contribution in [3.8, 4) is 5.69 Å². The molecule has 5 rings (SSSR count). The topological polar surface area (TPSA) is 86.0 Å². The fourth-order valence-corrected chi connectivity index (χ4v) is 4.99. The first-order valence-corrected chi connectivity index (χ1v) is 11.9. The molecule has 0 atom stereocenters. The molecule has 0 bridgehead atoms. The number of aromatic nitrogens is 3. The van der Waals surface area contributed by atoms with Crippen molar-refractivity contribution >= 4 is 37.5 Å². The Kier molecular flexibility index (Phi) is 5.36. The Labute approximate surface area is 201 Å². The average molecular weight is 516 g/mol. The number of aryl methyl sites for hydroxylation is 1. The van der Waals surface area contributed by atoms with Gasteiger partial charge in [0.15, 0.2) is 0 Å². The standard InChI is InChI=1S/C24H16F4N4O3S/c1-31-13-20-22(29-31)19-12-16(30-36(34,35)18-9-4-15(25)5-10-18)6-11-21(19)32(23(20)33)17-7-2-14(3-8-17)24(26,27)28/h2-13,30H,1H3. The van der Waals surface area contributed by atoms with Crippen LogP contribution in [0.3, 0.4) is 0 Å². The minimum atomic E-state index is -4.53. The van der Waals surface area contributed by atoms with Gasteiger partial charge in [0, 0.05) is 30.0 Å². The van der Waals surface area contributed by atoms with Crippen molar-refractivity contribution < 1.29 is 26.0 Å². The Balaban J connectivity index is 1.68. The van der Waals surface area contributed by atoms with Crippen LogP contribution in [0.25, 0.3) is 27.5 Å². The molecule has 5 aromatic rings. The monoisotopic (exact) mass is 516 g/mol. The second kappa shape index (κ2) is 8.19. The van der Waals surface area contributed by atoms with Crippen molar-refractivity contribution in [2.45, 2.75) is 11.1 Å². The number of hydrogen-bond donors (Lipinski definition) is 1. The third kappa shape index (κ3) is 4.09. The van der Waals surface area contributed by atoms with Crippen LogP contribution in [0.15, 0.2) is 82.6 Å². The van der Waals surface area contributed by atoms with Crippen molar-refractivity contribution in [1.29, 1.82) is 0 Å². The molecule has 7 nitrogen and oxygen atoms in total. The maximum Gasteiger partial charge on any atom is 0.416 e. The van der Waals surface area contributed by atoms with Crippen LogP contribution in [-0.4, -0.2) is 22.8 Å². The number of alkyl halides is 3. The third-order valence-corrected chi connectivity index (χ3v) is 6.98. The van der Waals surface area contributed by atoms with Gasteiger partial charge in [-0.15, -0.1) is 0 Å². The van der Waals surface area contributed by atoms with Crippen molar-refractivity contribution in [2.24, 2.45) is 7.05 Å². The molecule has 12 heteroatoms. The molecule has 0 saturated carbocycles. The van der Waals surface area contributed by atoms with E-state index in [1.807, 2.05) is 0 Å². The third-order valence-electron chi connectivity index (χ3n) is 5.58. The fraction of sp³-hybridized carbons (Fsp3) is 0.0833. The van der Waals surface area contributed by atoms with E-state index in [4.69, 9.17) is 0 Å². The van der Waals surface area contributed by atoms with Crippen LogP contribution in [-0.2, 0) is 23.2 Å². The number of nitrogens with zero attached hydrogens (tertiary/aromatic N) is 3. The van der Waals surface area contributed by atoms with E-state index in [9.17, 15) is 30.8 Å². The van der Waals surface area contributed by atoms with Crippen molar-refractivity contribution in [3.05, 3.63) is 94.7 Å². The van der Waals surface area contributed by atoms with E-state index in [1.54, 1.807) is 7.05 Å². The molecule has 0 fully saturated rings. The molecule has 0 aliphatic heterocycles. The molecule has 0 amide bonds. The number of pyridine rings is 1. The van der Waals surface area contributed by atoms with Crippen LogP contribution >= 0.6 is 0 Å². The van der Waals surface area contributed by atoms with E-state index in [0.29, 0.717) is 16.4 Å². The number of nitrogens with one attached hydrogen (secondary N) is 1. The highest BCUT2D eigenvalue weighted by Crippen LogP contribution is 2.31. The Hall–Kier alpha value is -4.19. The van der Waals surface area contributed by atoms with Gasteiger partial charge in [-0.25, -0.2) is 12.8 Å². The number of sulfonamides is 1. The SMILES string of the molecule is Cn1cc2c(=O)n(-c3ccc(C(F)(F)F)cc3)c3ccc(NS(=O)(=O)c4ccc(F)cc4)cc3c2n1. The predicted molar refractivity (Wildman–Crippen MR) is 126 cm³/mol. The zero-order chi connectivity index (χ0) is 25.8. The van der Waals surface area contributed by atoms with E-state index in [2.05, 4.69) is 9.82 Å². The number of anilines is 1. The quantitative estimate of drug-likeness (QED) is 0.347. The van der Waals surface area contributed by atoms with Gasteiger partial charge in [0.1, 0.15) is 11.3 Å². The highest BCUT2D eigenvalue weighted by molar-refractivity contribution is 7.92. The summed E-state index contributed by atoms with van der Waals surface area (Å²) in [5.74, 6) is -0.585. The molecule has 0 aliphatic carbocycles. The van der Waals surface area contributed by atoms with E-state index < -0.39 is 33.1 Å². The number of rotatable bonds is 4. The van der Waals surface area contributed by atoms with Crippen LogP contribution in [0.2, 0.25) is 0 Å². The maximum absolute atomic E-state index is 13.3. The summed E-state index contributed by atoms with van der Waals surface area (Å²) in [7, 11) is -2.45. The van der Waals surface area contributed by atoms with E-state index in [1.165, 1.54) is 45.8 Å². The lowest BCUT2D eigenvalue weighted by atomic mass is 10.1. The minimum Gasteiger partial charge on any atom is -0.280 e. The van der Waals surface area contributed by atoms with Gasteiger partial charge in [0.25, 0.3) is 15.6 Å². The molecule has 1 N–H and O–H groups in total. The van der Waals surface area contributed by atoms with E-state index in [-0.39, 0.29) is 21.7 Å². The number of fused-ring (bicyclic) bond motifs is 3. The summed E-state index contributed by atoms with van der Waals surface area (Å²) in [5.41, 5.74) is -0.396. The molecule has 0 saturated heterocycles. The minimum absolute atomic E-state index is 0.149. The maximum atomic E-state index is 13.3. The highest BCUT2D eigenvalue weighted by atomic mass is 32.2. The first-order valence-electron chi connectivity index (χ1n) is 10.4. The van der Waals surface area contributed by atoms with Crippen molar-refractivity contribution in [2.75, 3.05) is 4.72 Å². The number of benzene rings is 3. The fourth-order valence-electron chi connectivity index (χ4n) is 3.94. The van der Waals surface area contributed by atoms with Crippen LogP contribution in [0, 0.1) is 5.82 Å². The lowest BCUT2D eigenvalue weighted by Gasteiger charge is -2.14. The van der Waals surface area contributed by atoms with Gasteiger partial charge in [-0.3, -0.25) is 18.8 Å². The van der Waals surface area contributed by atoms with Gasteiger partial charge in [0.05, 0.1) is 21.4 Å². The lowest BCUT2D eigenvalue weighted by molar-refractivity contribution is -0.137. The normalized spacial score (nSPS) is 12.4. The molecule has 36 heavy (non-hydrogen) atoms. The summed E-state index contributed by atoms with van der Waals surface area (Å²) in [6.45, 7) is 0. The zero-order valence-corrected chi connectivity index (χ0v) is 19.2. The molecule has 184 valence electrons. The second-order valence-electron chi connectivity index (χ2n) is 8.04. The number of hydrogen-bond acceptors (Lipinski definition) is 4. The van der Waals surface area contributed by atoms with Gasteiger partial charge < -0.3 is 0 Å². The second-order valence-corrected chi connectivity index (χ2v) is 9.72. The van der Waals surface area contributed by atoms with Crippen LogP contribution in [0.1, 0.15) is 5.56 Å². The Morgan fingerprint density at radius 3 is 2.22 bits per heavy atom. The van der Waals surface area contributed by atoms with Crippen LogP contribution in [0.5, 0.6) is 0 Å². The summed E-state index contributed by atoms with van der Waals surface area (Å²) in [6, 6.07) is 12.8. The lowest BCUT2D eigenvalue weighted by Crippen LogP contribution is -2.19. The predicted octanol–water partition coefficient (Wildman–Crippen LogP) is 4.84. The van der Waals surface area contributed by atoms with E-state index in [0.717, 1.165) is 36.4 Å². The molecule has 3 aromatic carbocycles. The largest absolute Gasteiger partial charge is 0.416 e. The van der Waals surface area contributed by atoms with Gasteiger partial charge >= 0.3 is 6.18 Å². The van der Waals surface area contributed by atoms with Gasteiger partial charge in [-0.05, 0) is 66.7 Å². The summed E-state index contributed by atoms with van der Waals surface area (Å²) in [4.78, 5) is 13.2. The molecule has 0 unspecified atom stereocenters. The Morgan fingerprint density at radius 1 is 0.917 bits per heavy atom. The van der Waals surface area contributed by atoms with Gasteiger partial charge in [-0.2, -0.15) is 18.3 Å². The molecule has 0 spiro atoms. The van der Waals surface area contributed by atoms with Crippen molar-refractivity contribution in [1.82, 2.24) is 14.3 Å². The van der Waals surface area contributed by atoms with Crippen LogP contribution < -0.4 is 10.3 Å². The smallest absolute Gasteiger partial charge is 0.280 e. The summed E-state index contributed by atoms with van der Waals surface area (Å²) in [5, 5.41) is 4.92. The van der Waals surface area contributed by atoms with Gasteiger partial charge in [-0.1, -0.05) is 0 Å². The zero-order valence-electron chi connectivity index (χ0n) is 18.4. The Morgan fingerprint density at radius 2 is 1.58 bits per heavy atom. The summed E-state index contributed by atoms with van der Waals surface area (Å²) < 4.78 is 82.9. The summed E-state index contributed by atoms with van der Waals surface area (Å²) >= 11 is 0. The molecular formula is C24H16F4N4O3S. The average Bonchev–Trinajstić information content (AvgIpc) is 3.21. The molecule has 2 heterocycles. The molecule has 2 aromatic heterocycles. The molecule has 0 radical (unpaired) electrons.